The molecule has 1 aliphatic carbocycles. The average Bonchev–Trinajstić information content (AvgIpc) is 2.90. The van der Waals surface area contributed by atoms with E-state index in [2.05, 4.69) is 23.6 Å². The Morgan fingerprint density at radius 1 is 1.44 bits per heavy atom. The van der Waals surface area contributed by atoms with E-state index in [4.69, 9.17) is 12.2 Å². The first-order valence-corrected chi connectivity index (χ1v) is 9.13. The number of nitrogens with zero attached hydrogens (tertiary/aromatic N) is 1. The molecular weight excluding hydrogens is 357 g/mol. The topological polar surface area (TPSA) is 64.9 Å². The van der Waals surface area contributed by atoms with Crippen LogP contribution in [0.5, 0.6) is 0 Å². The van der Waals surface area contributed by atoms with Crippen LogP contribution in [-0.2, 0) is 12.8 Å². The monoisotopic (exact) mass is 373 g/mol. The lowest BCUT2D eigenvalue weighted by atomic mass is 9.89. The lowest BCUT2D eigenvalue weighted by Gasteiger charge is -2.17. The number of nitriles is 1. The number of nitrogens with one attached hydrogen (secondary N) is 2. The third kappa shape index (κ3) is 3.70. The number of amides is 1. The molecule has 2 aromatic rings. The van der Waals surface area contributed by atoms with E-state index in [9.17, 15) is 14.4 Å². The van der Waals surface area contributed by atoms with E-state index in [1.807, 2.05) is 0 Å². The maximum atomic E-state index is 13.7. The predicted molar refractivity (Wildman–Crippen MR) is 100 cm³/mol. The van der Waals surface area contributed by atoms with Crippen LogP contribution in [-0.4, -0.2) is 11.0 Å². The molecule has 4 nitrogen and oxygen atoms in total. The number of thiophene rings is 1. The minimum Gasteiger partial charge on any atom is -0.323 e. The molecule has 1 aromatic carbocycles. The predicted octanol–water partition coefficient (Wildman–Crippen LogP) is 4.01. The SMILES string of the molecule is CC1CCc2c(sc(NC(=S)NC(=O)c3ccccc3F)c2C#N)C1. The summed E-state index contributed by atoms with van der Waals surface area (Å²) >= 11 is 6.66. The molecule has 0 saturated carbocycles. The van der Waals surface area contributed by atoms with E-state index < -0.39 is 11.7 Å². The highest BCUT2D eigenvalue weighted by molar-refractivity contribution is 7.80. The number of carbonyl (C=O) groups excluding carboxylic acids is 1. The van der Waals surface area contributed by atoms with Gasteiger partial charge < -0.3 is 5.32 Å². The average molecular weight is 373 g/mol. The molecule has 0 radical (unpaired) electrons. The van der Waals surface area contributed by atoms with Crippen molar-refractivity contribution < 1.29 is 9.18 Å². The van der Waals surface area contributed by atoms with Gasteiger partial charge in [0.25, 0.3) is 5.91 Å². The zero-order chi connectivity index (χ0) is 18.0. The summed E-state index contributed by atoms with van der Waals surface area (Å²) in [5, 5.41) is 15.6. The van der Waals surface area contributed by atoms with Crippen LogP contribution in [0.4, 0.5) is 9.39 Å². The molecule has 1 aliphatic rings. The summed E-state index contributed by atoms with van der Waals surface area (Å²) < 4.78 is 13.7. The van der Waals surface area contributed by atoms with E-state index in [0.29, 0.717) is 16.5 Å². The first-order valence-electron chi connectivity index (χ1n) is 7.91. The van der Waals surface area contributed by atoms with E-state index in [-0.39, 0.29) is 10.7 Å². The Morgan fingerprint density at radius 2 is 2.20 bits per heavy atom. The van der Waals surface area contributed by atoms with Gasteiger partial charge in [-0.1, -0.05) is 19.1 Å². The number of halogens is 1. The first-order chi connectivity index (χ1) is 12.0. The number of rotatable bonds is 2. The third-order valence-corrected chi connectivity index (χ3v) is 5.57. The van der Waals surface area contributed by atoms with Crippen molar-refractivity contribution in [2.24, 2.45) is 5.92 Å². The summed E-state index contributed by atoms with van der Waals surface area (Å²) in [6.07, 6.45) is 2.89. The molecule has 25 heavy (non-hydrogen) atoms. The van der Waals surface area contributed by atoms with Gasteiger partial charge in [-0.25, -0.2) is 4.39 Å². The van der Waals surface area contributed by atoms with Crippen LogP contribution >= 0.6 is 23.6 Å². The van der Waals surface area contributed by atoms with Gasteiger partial charge in [-0.3, -0.25) is 10.1 Å². The van der Waals surface area contributed by atoms with Crippen LogP contribution in [0.25, 0.3) is 0 Å². The van der Waals surface area contributed by atoms with Crippen LogP contribution in [0, 0.1) is 23.1 Å². The number of benzene rings is 1. The van der Waals surface area contributed by atoms with Gasteiger partial charge in [0.2, 0.25) is 0 Å². The summed E-state index contributed by atoms with van der Waals surface area (Å²) in [6.45, 7) is 2.20. The molecule has 0 bridgehead atoms. The van der Waals surface area contributed by atoms with Crippen LogP contribution < -0.4 is 10.6 Å². The summed E-state index contributed by atoms with van der Waals surface area (Å²) in [6, 6.07) is 7.93. The van der Waals surface area contributed by atoms with Crippen LogP contribution in [0.1, 0.15) is 39.7 Å². The fourth-order valence-corrected chi connectivity index (χ4v) is 4.53. The van der Waals surface area contributed by atoms with Gasteiger partial charge in [-0.2, -0.15) is 5.26 Å². The molecule has 0 fully saturated rings. The normalized spacial score (nSPS) is 15.8. The van der Waals surface area contributed by atoms with Crippen molar-refractivity contribution in [2.75, 3.05) is 5.32 Å². The van der Waals surface area contributed by atoms with E-state index in [0.717, 1.165) is 24.8 Å². The maximum absolute atomic E-state index is 13.7. The van der Waals surface area contributed by atoms with E-state index in [1.165, 1.54) is 34.4 Å². The fraction of sp³-hybridized carbons (Fsp3) is 0.278. The number of thiocarbonyl (C=S) groups is 1. The third-order valence-electron chi connectivity index (χ3n) is 4.20. The summed E-state index contributed by atoms with van der Waals surface area (Å²) in [5.74, 6) is -0.636. The second kappa shape index (κ2) is 7.30. The molecule has 0 spiro atoms. The number of hydrogen-bond acceptors (Lipinski definition) is 4. The van der Waals surface area contributed by atoms with Crippen LogP contribution in [0.3, 0.4) is 0 Å². The summed E-state index contributed by atoms with van der Waals surface area (Å²) in [4.78, 5) is 13.3. The molecule has 1 heterocycles. The fourth-order valence-electron chi connectivity index (χ4n) is 2.91. The highest BCUT2D eigenvalue weighted by atomic mass is 32.1. The maximum Gasteiger partial charge on any atom is 0.260 e. The van der Waals surface area contributed by atoms with E-state index >= 15 is 0 Å². The molecule has 0 saturated heterocycles. The van der Waals surface area contributed by atoms with Crippen molar-refractivity contribution in [2.45, 2.75) is 26.2 Å². The van der Waals surface area contributed by atoms with Gasteiger partial charge in [0.1, 0.15) is 16.9 Å². The second-order valence-corrected chi connectivity index (χ2v) is 7.57. The molecule has 0 aliphatic heterocycles. The Bertz CT molecular complexity index is 885. The smallest absolute Gasteiger partial charge is 0.260 e. The zero-order valence-corrected chi connectivity index (χ0v) is 15.2. The molecule has 1 amide bonds. The molecule has 3 rings (SSSR count). The van der Waals surface area contributed by atoms with Crippen molar-refractivity contribution in [3.05, 3.63) is 51.7 Å². The number of carbonyl (C=O) groups is 1. The van der Waals surface area contributed by atoms with Gasteiger partial charge in [0.05, 0.1) is 11.1 Å². The molecule has 7 heteroatoms. The zero-order valence-electron chi connectivity index (χ0n) is 13.6. The van der Waals surface area contributed by atoms with Crippen molar-refractivity contribution in [1.29, 1.82) is 5.26 Å². The Balaban J connectivity index is 1.75. The highest BCUT2D eigenvalue weighted by Crippen LogP contribution is 2.39. The molecule has 1 atom stereocenters. The molecular formula is C18H16FN3OS2. The lowest BCUT2D eigenvalue weighted by Crippen LogP contribution is -2.34. The second-order valence-electron chi connectivity index (χ2n) is 6.06. The number of fused-ring (bicyclic) bond motifs is 1. The van der Waals surface area contributed by atoms with Gasteiger partial charge in [0.15, 0.2) is 5.11 Å². The molecule has 1 unspecified atom stereocenters. The number of hydrogen-bond donors (Lipinski definition) is 2. The molecule has 128 valence electrons. The van der Waals surface area contributed by atoms with E-state index in [1.54, 1.807) is 6.07 Å². The van der Waals surface area contributed by atoms with Gasteiger partial charge in [-0.05, 0) is 55.1 Å². The summed E-state index contributed by atoms with van der Waals surface area (Å²) in [5.41, 5.74) is 1.59. The largest absolute Gasteiger partial charge is 0.323 e. The van der Waals surface area contributed by atoms with Crippen LogP contribution in [0.2, 0.25) is 0 Å². The quantitative estimate of drug-likeness (QED) is 0.781. The minimum atomic E-state index is -0.621. The standard InChI is InChI=1S/C18H16FN3OS2/c1-10-6-7-11-13(9-20)17(25-15(11)8-10)22-18(24)21-16(23)12-4-2-3-5-14(12)19/h2-5,10H,6-8H2,1H3,(H2,21,22,23,24). The van der Waals surface area contributed by atoms with Crippen molar-refractivity contribution in [3.8, 4) is 6.07 Å². The molecule has 1 aromatic heterocycles. The van der Waals surface area contributed by atoms with Gasteiger partial charge >= 0.3 is 0 Å². The van der Waals surface area contributed by atoms with Gasteiger partial charge in [-0.15, -0.1) is 11.3 Å². The van der Waals surface area contributed by atoms with Crippen LogP contribution in [0.15, 0.2) is 24.3 Å². The van der Waals surface area contributed by atoms with Crippen molar-refractivity contribution >= 4 is 39.6 Å². The van der Waals surface area contributed by atoms with Crippen molar-refractivity contribution in [3.63, 3.8) is 0 Å². The summed E-state index contributed by atoms with van der Waals surface area (Å²) in [7, 11) is 0. The highest BCUT2D eigenvalue weighted by Gasteiger charge is 2.24. The first kappa shape index (κ1) is 17.5. The lowest BCUT2D eigenvalue weighted by molar-refractivity contribution is 0.0974. The Hall–Kier alpha value is -2.30. The van der Waals surface area contributed by atoms with Gasteiger partial charge in [0, 0.05) is 4.88 Å². The molecule has 2 N–H and O–H groups in total. The Labute approximate surface area is 154 Å². The number of anilines is 1. The van der Waals surface area contributed by atoms with Crippen molar-refractivity contribution in [1.82, 2.24) is 5.32 Å². The Morgan fingerprint density at radius 3 is 2.92 bits per heavy atom. The Kier molecular flexibility index (Phi) is 5.11. The minimum absolute atomic E-state index is 0.0522.